The van der Waals surface area contributed by atoms with Crippen molar-refractivity contribution >= 4 is 10.9 Å². The van der Waals surface area contributed by atoms with Crippen molar-refractivity contribution < 1.29 is 4.74 Å². The lowest BCUT2D eigenvalue weighted by molar-refractivity contribution is 0.348. The second-order valence-electron chi connectivity index (χ2n) is 3.93. The van der Waals surface area contributed by atoms with E-state index in [0.29, 0.717) is 6.61 Å². The Kier molecular flexibility index (Phi) is 3.73. The van der Waals surface area contributed by atoms with Gasteiger partial charge in [-0.25, -0.2) is 0 Å². The van der Waals surface area contributed by atoms with Crippen LogP contribution < -0.4 is 10.1 Å². The summed E-state index contributed by atoms with van der Waals surface area (Å²) in [5.41, 5.74) is 1.99. The molecule has 0 saturated carbocycles. The van der Waals surface area contributed by atoms with Gasteiger partial charge in [-0.05, 0) is 24.8 Å². The normalized spacial score (nSPS) is 10.4. The molecule has 0 aliphatic rings. The van der Waals surface area contributed by atoms with Gasteiger partial charge in [-0.1, -0.05) is 24.8 Å². The molecule has 1 heterocycles. The minimum absolute atomic E-state index is 0.515. The van der Waals surface area contributed by atoms with E-state index in [1.165, 1.54) is 0 Å². The topological polar surface area (TPSA) is 34.1 Å². The van der Waals surface area contributed by atoms with Crippen LogP contribution in [0.3, 0.4) is 0 Å². The van der Waals surface area contributed by atoms with Crippen LogP contribution in [-0.4, -0.2) is 25.2 Å². The molecule has 0 unspecified atom stereocenters. The third-order valence-electron chi connectivity index (χ3n) is 2.44. The molecule has 0 fully saturated rings. The maximum absolute atomic E-state index is 5.63. The fraction of sp³-hybridized carbons (Fsp3) is 0.214. The van der Waals surface area contributed by atoms with E-state index in [1.807, 2.05) is 37.4 Å². The lowest BCUT2D eigenvalue weighted by Crippen LogP contribution is -2.14. The van der Waals surface area contributed by atoms with Crippen LogP contribution in [0.25, 0.3) is 10.9 Å². The third-order valence-corrected chi connectivity index (χ3v) is 2.44. The Hall–Kier alpha value is -1.87. The first-order valence-electron chi connectivity index (χ1n) is 5.58. The maximum atomic E-state index is 5.63. The molecular formula is C14H16N2O. The molecule has 1 aromatic heterocycles. The van der Waals surface area contributed by atoms with Crippen LogP contribution in [0.5, 0.6) is 5.75 Å². The zero-order valence-electron chi connectivity index (χ0n) is 9.94. The van der Waals surface area contributed by atoms with Gasteiger partial charge in [-0.3, -0.25) is 4.98 Å². The monoisotopic (exact) mass is 228 g/mol. The Morgan fingerprint density at radius 2 is 2.24 bits per heavy atom. The Morgan fingerprint density at radius 1 is 1.41 bits per heavy atom. The Bertz CT molecular complexity index is 522. The standard InChI is InChI=1S/C14H16N2O/c1-11(8-15-2)10-17-13-7-12-5-3-4-6-14(12)16-9-13/h3-7,9,15H,1,8,10H2,2H3. The Balaban J connectivity index is 2.06. The highest BCUT2D eigenvalue weighted by Crippen LogP contribution is 2.18. The minimum Gasteiger partial charge on any atom is -0.488 e. The number of hydrogen-bond donors (Lipinski definition) is 1. The first-order valence-corrected chi connectivity index (χ1v) is 5.58. The molecule has 0 bridgehead atoms. The van der Waals surface area contributed by atoms with Crippen LogP contribution in [0.2, 0.25) is 0 Å². The molecule has 0 atom stereocenters. The second kappa shape index (κ2) is 5.46. The van der Waals surface area contributed by atoms with E-state index < -0.39 is 0 Å². The summed E-state index contributed by atoms with van der Waals surface area (Å²) in [6, 6.07) is 9.98. The summed E-state index contributed by atoms with van der Waals surface area (Å²) in [4.78, 5) is 4.33. The summed E-state index contributed by atoms with van der Waals surface area (Å²) in [6.07, 6.45) is 1.75. The fourth-order valence-corrected chi connectivity index (χ4v) is 1.62. The van der Waals surface area contributed by atoms with Crippen LogP contribution in [0.1, 0.15) is 0 Å². The number of rotatable bonds is 5. The zero-order chi connectivity index (χ0) is 12.1. The van der Waals surface area contributed by atoms with E-state index in [0.717, 1.165) is 28.8 Å². The summed E-state index contributed by atoms with van der Waals surface area (Å²) in [7, 11) is 1.89. The average molecular weight is 228 g/mol. The molecule has 2 rings (SSSR count). The molecule has 17 heavy (non-hydrogen) atoms. The third kappa shape index (κ3) is 3.04. The second-order valence-corrected chi connectivity index (χ2v) is 3.93. The molecule has 3 heteroatoms. The molecule has 0 amide bonds. The van der Waals surface area contributed by atoms with Gasteiger partial charge in [0, 0.05) is 11.9 Å². The van der Waals surface area contributed by atoms with Crippen molar-refractivity contribution in [1.82, 2.24) is 10.3 Å². The Morgan fingerprint density at radius 3 is 3.06 bits per heavy atom. The minimum atomic E-state index is 0.515. The average Bonchev–Trinajstić information content (AvgIpc) is 2.36. The van der Waals surface area contributed by atoms with Gasteiger partial charge in [0.25, 0.3) is 0 Å². The number of ether oxygens (including phenoxy) is 1. The van der Waals surface area contributed by atoms with Gasteiger partial charge in [0.2, 0.25) is 0 Å². The Labute approximate surface area is 101 Å². The number of fused-ring (bicyclic) bond motifs is 1. The molecule has 1 aromatic carbocycles. The summed E-state index contributed by atoms with van der Waals surface area (Å²) >= 11 is 0. The van der Waals surface area contributed by atoms with Gasteiger partial charge in [-0.2, -0.15) is 0 Å². The molecule has 0 spiro atoms. The number of nitrogens with one attached hydrogen (secondary N) is 1. The number of likely N-dealkylation sites (N-methyl/N-ethyl adjacent to an activating group) is 1. The first kappa shape index (κ1) is 11.6. The molecule has 1 N–H and O–H groups in total. The van der Waals surface area contributed by atoms with E-state index in [-0.39, 0.29) is 0 Å². The largest absolute Gasteiger partial charge is 0.488 e. The van der Waals surface area contributed by atoms with Crippen LogP contribution in [0, 0.1) is 0 Å². The SMILES string of the molecule is C=C(CNC)COc1cnc2ccccc2c1. The van der Waals surface area contributed by atoms with Crippen molar-refractivity contribution in [2.75, 3.05) is 20.2 Å². The number of nitrogens with zero attached hydrogens (tertiary/aromatic N) is 1. The van der Waals surface area contributed by atoms with E-state index >= 15 is 0 Å². The number of aromatic nitrogens is 1. The number of benzene rings is 1. The molecule has 0 radical (unpaired) electrons. The van der Waals surface area contributed by atoms with E-state index in [4.69, 9.17) is 4.74 Å². The van der Waals surface area contributed by atoms with Gasteiger partial charge >= 0.3 is 0 Å². The highest BCUT2D eigenvalue weighted by atomic mass is 16.5. The smallest absolute Gasteiger partial charge is 0.138 e. The van der Waals surface area contributed by atoms with Gasteiger partial charge < -0.3 is 10.1 Å². The van der Waals surface area contributed by atoms with Crippen molar-refractivity contribution in [1.29, 1.82) is 0 Å². The van der Waals surface area contributed by atoms with Gasteiger partial charge in [-0.15, -0.1) is 0 Å². The summed E-state index contributed by atoms with van der Waals surface area (Å²) < 4.78 is 5.63. The van der Waals surface area contributed by atoms with E-state index in [2.05, 4.69) is 16.9 Å². The van der Waals surface area contributed by atoms with Gasteiger partial charge in [0.15, 0.2) is 0 Å². The quantitative estimate of drug-likeness (QED) is 0.798. The maximum Gasteiger partial charge on any atom is 0.138 e. The van der Waals surface area contributed by atoms with E-state index in [1.54, 1.807) is 6.20 Å². The summed E-state index contributed by atoms with van der Waals surface area (Å²) in [5.74, 6) is 0.779. The van der Waals surface area contributed by atoms with Crippen LogP contribution in [0.15, 0.2) is 48.7 Å². The van der Waals surface area contributed by atoms with Crippen molar-refractivity contribution in [3.8, 4) is 5.75 Å². The van der Waals surface area contributed by atoms with Crippen molar-refractivity contribution in [3.05, 3.63) is 48.7 Å². The van der Waals surface area contributed by atoms with Crippen LogP contribution in [0.4, 0.5) is 0 Å². The number of para-hydroxylation sites is 1. The van der Waals surface area contributed by atoms with E-state index in [9.17, 15) is 0 Å². The zero-order valence-corrected chi connectivity index (χ0v) is 9.94. The predicted molar refractivity (Wildman–Crippen MR) is 70.3 cm³/mol. The van der Waals surface area contributed by atoms with Crippen LogP contribution >= 0.6 is 0 Å². The van der Waals surface area contributed by atoms with Gasteiger partial charge in [0.1, 0.15) is 12.4 Å². The fourth-order valence-electron chi connectivity index (χ4n) is 1.62. The predicted octanol–water partition coefficient (Wildman–Crippen LogP) is 2.39. The van der Waals surface area contributed by atoms with Crippen LogP contribution in [-0.2, 0) is 0 Å². The molecular weight excluding hydrogens is 212 g/mol. The van der Waals surface area contributed by atoms with Crippen molar-refractivity contribution in [3.63, 3.8) is 0 Å². The molecule has 0 saturated heterocycles. The molecule has 88 valence electrons. The highest BCUT2D eigenvalue weighted by molar-refractivity contribution is 5.79. The lowest BCUT2D eigenvalue weighted by Gasteiger charge is -2.08. The van der Waals surface area contributed by atoms with Crippen molar-refractivity contribution in [2.45, 2.75) is 0 Å². The number of pyridine rings is 1. The molecule has 2 aromatic rings. The molecule has 0 aliphatic heterocycles. The lowest BCUT2D eigenvalue weighted by atomic mass is 10.2. The van der Waals surface area contributed by atoms with Gasteiger partial charge in [0.05, 0.1) is 11.7 Å². The number of hydrogen-bond acceptors (Lipinski definition) is 3. The highest BCUT2D eigenvalue weighted by Gasteiger charge is 1.99. The summed E-state index contributed by atoms with van der Waals surface area (Å²) in [6.45, 7) is 5.19. The first-order chi connectivity index (χ1) is 8.29. The van der Waals surface area contributed by atoms with Crippen molar-refractivity contribution in [2.24, 2.45) is 0 Å². The molecule has 0 aliphatic carbocycles. The summed E-state index contributed by atoms with van der Waals surface area (Å²) in [5, 5.41) is 4.13. The molecule has 3 nitrogen and oxygen atoms in total.